The van der Waals surface area contributed by atoms with Crippen molar-refractivity contribution in [1.29, 1.82) is 0 Å². The van der Waals surface area contributed by atoms with Crippen molar-refractivity contribution in [2.24, 2.45) is 5.92 Å². The molecule has 1 aliphatic rings. The first-order valence-corrected chi connectivity index (χ1v) is 6.67. The van der Waals surface area contributed by atoms with Gasteiger partial charge in [-0.15, -0.1) is 0 Å². The fourth-order valence-corrected chi connectivity index (χ4v) is 2.45. The van der Waals surface area contributed by atoms with Crippen molar-refractivity contribution in [2.75, 3.05) is 6.54 Å². The van der Waals surface area contributed by atoms with Gasteiger partial charge in [-0.3, -0.25) is 9.59 Å². The quantitative estimate of drug-likeness (QED) is 0.934. The number of carboxylic acid groups (broad SMARTS) is 1. The normalized spacial score (nSPS) is 19.6. The Morgan fingerprint density at radius 2 is 2.11 bits per heavy atom. The molecule has 1 heterocycles. The smallest absolute Gasteiger partial charge is 0.308 e. The number of hydrogen-bond acceptors (Lipinski definition) is 2. The van der Waals surface area contributed by atoms with Gasteiger partial charge in [-0.2, -0.15) is 0 Å². The topological polar surface area (TPSA) is 57.6 Å². The summed E-state index contributed by atoms with van der Waals surface area (Å²) in [5.41, 5.74) is 0.841. The van der Waals surface area contributed by atoms with Gasteiger partial charge in [0.1, 0.15) is 0 Å². The molecule has 0 radical (unpaired) electrons. The summed E-state index contributed by atoms with van der Waals surface area (Å²) >= 11 is 11.7. The van der Waals surface area contributed by atoms with E-state index < -0.39 is 11.9 Å². The zero-order chi connectivity index (χ0) is 14.0. The minimum atomic E-state index is -0.855. The lowest BCUT2D eigenvalue weighted by atomic mass is 9.97. The van der Waals surface area contributed by atoms with E-state index in [9.17, 15) is 9.59 Å². The summed E-state index contributed by atoms with van der Waals surface area (Å²) < 4.78 is 0. The molecule has 0 saturated carbocycles. The molecule has 1 N–H and O–H groups in total. The highest BCUT2D eigenvalue weighted by molar-refractivity contribution is 6.42. The molecule has 4 nitrogen and oxygen atoms in total. The zero-order valence-corrected chi connectivity index (χ0v) is 11.6. The van der Waals surface area contributed by atoms with Crippen LogP contribution in [0.1, 0.15) is 18.4 Å². The van der Waals surface area contributed by atoms with E-state index in [0.29, 0.717) is 23.0 Å². The van der Waals surface area contributed by atoms with Crippen molar-refractivity contribution < 1.29 is 14.7 Å². The number of nitrogens with zero attached hydrogens (tertiary/aromatic N) is 1. The van der Waals surface area contributed by atoms with Gasteiger partial charge in [0.15, 0.2) is 0 Å². The molecule has 1 fully saturated rings. The molecule has 102 valence electrons. The molecule has 2 rings (SSSR count). The predicted molar refractivity (Wildman–Crippen MR) is 72.2 cm³/mol. The number of carboxylic acids is 1. The van der Waals surface area contributed by atoms with Crippen molar-refractivity contribution in [3.8, 4) is 0 Å². The molecule has 1 unspecified atom stereocenters. The first-order chi connectivity index (χ1) is 8.97. The zero-order valence-electron chi connectivity index (χ0n) is 10.1. The fourth-order valence-electron chi connectivity index (χ4n) is 2.13. The van der Waals surface area contributed by atoms with Gasteiger partial charge in [0.2, 0.25) is 5.91 Å². The number of amides is 1. The van der Waals surface area contributed by atoms with Crippen LogP contribution in [0, 0.1) is 5.92 Å². The Hall–Kier alpha value is -1.26. The lowest BCUT2D eigenvalue weighted by molar-refractivity contribution is -0.147. The van der Waals surface area contributed by atoms with Crippen LogP contribution in [0.5, 0.6) is 0 Å². The monoisotopic (exact) mass is 301 g/mol. The molecule has 1 saturated heterocycles. The summed E-state index contributed by atoms with van der Waals surface area (Å²) in [6.45, 7) is 0.605. The second-order valence-electron chi connectivity index (χ2n) is 4.60. The molecule has 6 heteroatoms. The van der Waals surface area contributed by atoms with Crippen LogP contribution in [0.2, 0.25) is 10.0 Å². The van der Waals surface area contributed by atoms with Gasteiger partial charge in [-0.05, 0) is 24.1 Å². The van der Waals surface area contributed by atoms with Crippen molar-refractivity contribution >= 4 is 35.1 Å². The highest BCUT2D eigenvalue weighted by Gasteiger charge is 2.29. The molecule has 1 aliphatic heterocycles. The molecule has 1 aromatic rings. The molecule has 1 amide bonds. The van der Waals surface area contributed by atoms with Gasteiger partial charge in [0.25, 0.3) is 0 Å². The van der Waals surface area contributed by atoms with E-state index in [1.807, 2.05) is 0 Å². The van der Waals surface area contributed by atoms with Gasteiger partial charge in [0.05, 0.1) is 16.0 Å². The second-order valence-corrected chi connectivity index (χ2v) is 5.41. The van der Waals surface area contributed by atoms with E-state index in [4.69, 9.17) is 28.3 Å². The number of rotatable bonds is 3. The minimum Gasteiger partial charge on any atom is -0.481 e. The SMILES string of the molecule is O=C(O)C1CCC(=O)N(Cc2ccc(Cl)c(Cl)c2)C1. The molecule has 1 atom stereocenters. The predicted octanol–water partition coefficient (Wildman–Crippen LogP) is 2.82. The van der Waals surface area contributed by atoms with Crippen LogP contribution < -0.4 is 0 Å². The van der Waals surface area contributed by atoms with Gasteiger partial charge >= 0.3 is 5.97 Å². The van der Waals surface area contributed by atoms with Gasteiger partial charge in [-0.1, -0.05) is 29.3 Å². The highest BCUT2D eigenvalue weighted by Crippen LogP contribution is 2.25. The number of likely N-dealkylation sites (tertiary alicyclic amines) is 1. The average Bonchev–Trinajstić information content (AvgIpc) is 2.36. The minimum absolute atomic E-state index is 0.0245. The van der Waals surface area contributed by atoms with Gasteiger partial charge in [-0.25, -0.2) is 0 Å². The van der Waals surface area contributed by atoms with Crippen LogP contribution in [0.15, 0.2) is 18.2 Å². The molecule has 0 aliphatic carbocycles. The van der Waals surface area contributed by atoms with E-state index in [0.717, 1.165) is 5.56 Å². The number of aliphatic carboxylic acids is 1. The molecular weight excluding hydrogens is 289 g/mol. The van der Waals surface area contributed by atoms with Crippen molar-refractivity contribution in [3.63, 3.8) is 0 Å². The third-order valence-electron chi connectivity index (χ3n) is 3.21. The van der Waals surface area contributed by atoms with Crippen LogP contribution in [0.4, 0.5) is 0 Å². The Labute approximate surface area is 120 Å². The largest absolute Gasteiger partial charge is 0.481 e. The Morgan fingerprint density at radius 1 is 1.37 bits per heavy atom. The summed E-state index contributed by atoms with van der Waals surface area (Å²) in [5.74, 6) is -1.37. The molecular formula is C13H13Cl2NO3. The lowest BCUT2D eigenvalue weighted by Gasteiger charge is -2.30. The van der Waals surface area contributed by atoms with E-state index in [1.54, 1.807) is 23.1 Å². The second kappa shape index (κ2) is 5.80. The van der Waals surface area contributed by atoms with E-state index >= 15 is 0 Å². The van der Waals surface area contributed by atoms with Gasteiger partial charge < -0.3 is 10.0 Å². The summed E-state index contributed by atoms with van der Waals surface area (Å²) in [5, 5.41) is 9.90. The maximum atomic E-state index is 11.8. The Morgan fingerprint density at radius 3 is 2.74 bits per heavy atom. The third-order valence-corrected chi connectivity index (χ3v) is 3.95. The van der Waals surface area contributed by atoms with Crippen LogP contribution in [0.25, 0.3) is 0 Å². The Balaban J connectivity index is 2.09. The van der Waals surface area contributed by atoms with Crippen LogP contribution in [-0.4, -0.2) is 28.4 Å². The molecule has 19 heavy (non-hydrogen) atoms. The number of hydrogen-bond donors (Lipinski definition) is 1. The number of halogens is 2. The van der Waals surface area contributed by atoms with E-state index in [1.165, 1.54) is 0 Å². The number of piperidine rings is 1. The maximum Gasteiger partial charge on any atom is 0.308 e. The van der Waals surface area contributed by atoms with Crippen LogP contribution >= 0.6 is 23.2 Å². The van der Waals surface area contributed by atoms with Crippen molar-refractivity contribution in [1.82, 2.24) is 4.90 Å². The number of benzene rings is 1. The average molecular weight is 302 g/mol. The lowest BCUT2D eigenvalue weighted by Crippen LogP contribution is -2.42. The standard InChI is InChI=1S/C13H13Cl2NO3/c14-10-3-1-8(5-11(10)15)6-16-7-9(13(18)19)2-4-12(16)17/h1,3,5,9H,2,4,6-7H2,(H,18,19). The van der Waals surface area contributed by atoms with Gasteiger partial charge in [0, 0.05) is 19.5 Å². The van der Waals surface area contributed by atoms with E-state index in [2.05, 4.69) is 0 Å². The van der Waals surface area contributed by atoms with Crippen molar-refractivity contribution in [3.05, 3.63) is 33.8 Å². The number of carbonyl (C=O) groups is 2. The number of carbonyl (C=O) groups excluding carboxylic acids is 1. The first-order valence-electron chi connectivity index (χ1n) is 5.92. The van der Waals surface area contributed by atoms with Crippen LogP contribution in [-0.2, 0) is 16.1 Å². The summed E-state index contributed by atoms with van der Waals surface area (Å²) in [6, 6.07) is 5.15. The Bertz CT molecular complexity index is 519. The first kappa shape index (κ1) is 14.2. The third kappa shape index (κ3) is 3.39. The maximum absolute atomic E-state index is 11.8. The molecule has 0 spiro atoms. The summed E-state index contributed by atoms with van der Waals surface area (Å²) in [4.78, 5) is 24.3. The van der Waals surface area contributed by atoms with E-state index in [-0.39, 0.29) is 18.9 Å². The fraction of sp³-hybridized carbons (Fsp3) is 0.385. The molecule has 1 aromatic carbocycles. The Kier molecular flexibility index (Phi) is 4.32. The molecule has 0 bridgehead atoms. The summed E-state index contributed by atoms with van der Waals surface area (Å²) in [6.07, 6.45) is 0.685. The highest BCUT2D eigenvalue weighted by atomic mass is 35.5. The molecule has 0 aromatic heterocycles. The summed E-state index contributed by atoms with van der Waals surface area (Å²) in [7, 11) is 0. The van der Waals surface area contributed by atoms with Crippen molar-refractivity contribution in [2.45, 2.75) is 19.4 Å². The van der Waals surface area contributed by atoms with Crippen LogP contribution in [0.3, 0.4) is 0 Å².